The summed E-state index contributed by atoms with van der Waals surface area (Å²) < 4.78 is 59.7. The van der Waals surface area contributed by atoms with Crippen LogP contribution in [0.5, 0.6) is 23.0 Å². The predicted molar refractivity (Wildman–Crippen MR) is 180 cm³/mol. The third kappa shape index (κ3) is 7.85. The second-order valence-electron chi connectivity index (χ2n) is 11.4. The van der Waals surface area contributed by atoms with Gasteiger partial charge in [-0.3, -0.25) is 4.72 Å². The first kappa shape index (κ1) is 34.0. The minimum absolute atomic E-state index is 0.00938. The molecule has 0 radical (unpaired) electrons. The number of nitrogens with zero attached hydrogens (tertiary/aromatic N) is 1. The van der Waals surface area contributed by atoms with E-state index in [1.165, 1.54) is 7.11 Å². The molecule has 0 aromatic heterocycles. The number of terminal acetylenes is 1. The van der Waals surface area contributed by atoms with Crippen molar-refractivity contribution >= 4 is 21.6 Å². The molecule has 1 aliphatic rings. The molecule has 1 N–H and O–H groups in total. The number of methoxy groups -OCH3 is 3. The number of sulfonamides is 1. The Kier molecular flexibility index (Phi) is 10.7. The number of rotatable bonds is 11. The van der Waals surface area contributed by atoms with Crippen molar-refractivity contribution in [1.29, 1.82) is 0 Å². The molecule has 0 bridgehead atoms. The standard InChI is InChI=1S/C36H40N2O7S/c1-9-19-44-35-34(45-32-14-12-11-13-31(32)43-8)30(38-46(39,40)29-17-15-26(16-18-29)36(3,4)5)22-24(10-2)33(37-35)25-20-27(41-6)23-28(21-25)42-7/h1,11-18,20-21,23,38H,10,19,22H2,2-8H3. The number of benzene rings is 3. The summed E-state index contributed by atoms with van der Waals surface area (Å²) in [4.78, 5) is 5.01. The molecule has 0 spiro atoms. The van der Waals surface area contributed by atoms with Crippen molar-refractivity contribution in [2.24, 2.45) is 4.99 Å². The van der Waals surface area contributed by atoms with E-state index in [9.17, 15) is 8.42 Å². The molecule has 9 nitrogen and oxygen atoms in total. The van der Waals surface area contributed by atoms with Gasteiger partial charge in [0, 0.05) is 18.1 Å². The number of ether oxygens (including phenoxy) is 5. The van der Waals surface area contributed by atoms with Gasteiger partial charge >= 0.3 is 0 Å². The quantitative estimate of drug-likeness (QED) is 0.228. The second-order valence-corrected chi connectivity index (χ2v) is 13.1. The molecule has 1 aliphatic heterocycles. The molecular formula is C36H40N2O7S. The molecule has 0 atom stereocenters. The van der Waals surface area contributed by atoms with Gasteiger partial charge in [-0.15, -0.1) is 6.42 Å². The first-order chi connectivity index (χ1) is 21.9. The number of hydrogen-bond acceptors (Lipinski definition) is 8. The normalized spacial score (nSPS) is 13.7. The van der Waals surface area contributed by atoms with Gasteiger partial charge < -0.3 is 23.7 Å². The smallest absolute Gasteiger partial charge is 0.261 e. The van der Waals surface area contributed by atoms with Gasteiger partial charge in [-0.25, -0.2) is 13.4 Å². The largest absolute Gasteiger partial charge is 0.497 e. The molecular weight excluding hydrogens is 604 g/mol. The lowest BCUT2D eigenvalue weighted by atomic mass is 9.87. The third-order valence-corrected chi connectivity index (χ3v) is 8.73. The summed E-state index contributed by atoms with van der Waals surface area (Å²) in [6, 6.07) is 19.2. The van der Waals surface area contributed by atoms with E-state index >= 15 is 0 Å². The summed E-state index contributed by atoms with van der Waals surface area (Å²) in [7, 11) is 0.552. The molecule has 4 rings (SSSR count). The Morgan fingerprint density at radius 2 is 1.54 bits per heavy atom. The zero-order valence-electron chi connectivity index (χ0n) is 27.3. The second kappa shape index (κ2) is 14.5. The van der Waals surface area contributed by atoms with Crippen LogP contribution in [0.2, 0.25) is 0 Å². The van der Waals surface area contributed by atoms with Crippen molar-refractivity contribution in [3.8, 4) is 35.3 Å². The monoisotopic (exact) mass is 644 g/mol. The van der Waals surface area contributed by atoms with Crippen LogP contribution in [-0.4, -0.2) is 42.3 Å². The Morgan fingerprint density at radius 3 is 2.09 bits per heavy atom. The number of para-hydroxylation sites is 2. The van der Waals surface area contributed by atoms with Gasteiger partial charge in [0.2, 0.25) is 5.76 Å². The molecule has 3 aromatic rings. The van der Waals surface area contributed by atoms with Crippen LogP contribution >= 0.6 is 0 Å². The van der Waals surface area contributed by atoms with Crippen LogP contribution in [0.3, 0.4) is 0 Å². The summed E-state index contributed by atoms with van der Waals surface area (Å²) in [5.74, 6) is 4.37. The maximum atomic E-state index is 13.9. The average molecular weight is 645 g/mol. The maximum absolute atomic E-state index is 13.9. The number of hydrogen-bond donors (Lipinski definition) is 1. The molecule has 0 aliphatic carbocycles. The van der Waals surface area contributed by atoms with Crippen molar-refractivity contribution in [2.75, 3.05) is 27.9 Å². The fraction of sp³-hybridized carbons (Fsp3) is 0.306. The predicted octanol–water partition coefficient (Wildman–Crippen LogP) is 6.85. The lowest BCUT2D eigenvalue weighted by Crippen LogP contribution is -2.28. The Morgan fingerprint density at radius 1 is 0.913 bits per heavy atom. The fourth-order valence-corrected chi connectivity index (χ4v) is 5.91. The Bertz CT molecular complexity index is 1790. The highest BCUT2D eigenvalue weighted by Crippen LogP contribution is 2.37. The lowest BCUT2D eigenvalue weighted by molar-refractivity contribution is 0.319. The molecule has 242 valence electrons. The van der Waals surface area contributed by atoms with Gasteiger partial charge in [-0.2, -0.15) is 0 Å². The molecule has 3 aromatic carbocycles. The van der Waals surface area contributed by atoms with E-state index in [0.29, 0.717) is 40.7 Å². The minimum atomic E-state index is -4.09. The van der Waals surface area contributed by atoms with Gasteiger partial charge in [-0.05, 0) is 59.4 Å². The third-order valence-electron chi connectivity index (χ3n) is 7.32. The van der Waals surface area contributed by atoms with Crippen LogP contribution < -0.4 is 23.7 Å². The summed E-state index contributed by atoms with van der Waals surface area (Å²) in [6.45, 7) is 8.02. The minimum Gasteiger partial charge on any atom is -0.497 e. The number of nitrogens with one attached hydrogen (secondary N) is 1. The van der Waals surface area contributed by atoms with Gasteiger partial charge in [0.1, 0.15) is 11.5 Å². The van der Waals surface area contributed by atoms with E-state index in [1.807, 2.05) is 31.2 Å². The lowest BCUT2D eigenvalue weighted by Gasteiger charge is -2.20. The number of aliphatic imine (C=N–C) groups is 1. The summed E-state index contributed by atoms with van der Waals surface area (Å²) in [5.41, 5.74) is 3.09. The van der Waals surface area contributed by atoms with E-state index in [2.05, 4.69) is 31.4 Å². The van der Waals surface area contributed by atoms with Crippen LogP contribution in [0.15, 0.2) is 93.6 Å². The van der Waals surface area contributed by atoms with Crippen molar-refractivity contribution in [3.05, 3.63) is 94.9 Å². The zero-order chi connectivity index (χ0) is 33.5. The summed E-state index contributed by atoms with van der Waals surface area (Å²) in [5, 5.41) is 0. The number of allylic oxidation sites excluding steroid dienone is 1. The van der Waals surface area contributed by atoms with E-state index < -0.39 is 10.0 Å². The van der Waals surface area contributed by atoms with Crippen molar-refractivity contribution in [1.82, 2.24) is 4.72 Å². The molecule has 0 amide bonds. The Labute approximate surface area is 272 Å². The molecule has 0 saturated carbocycles. The van der Waals surface area contributed by atoms with Crippen LogP contribution in [0.4, 0.5) is 0 Å². The molecule has 0 saturated heterocycles. The highest BCUT2D eigenvalue weighted by atomic mass is 32.2. The highest BCUT2D eigenvalue weighted by Gasteiger charge is 2.30. The first-order valence-corrected chi connectivity index (χ1v) is 16.2. The maximum Gasteiger partial charge on any atom is 0.261 e. The molecule has 0 unspecified atom stereocenters. The fourth-order valence-electron chi connectivity index (χ4n) is 4.81. The van der Waals surface area contributed by atoms with E-state index in [4.69, 9.17) is 35.1 Å². The Hall–Kier alpha value is -4.88. The first-order valence-electron chi connectivity index (χ1n) is 14.7. The summed E-state index contributed by atoms with van der Waals surface area (Å²) >= 11 is 0. The SMILES string of the molecule is C#CCOC1=NC(c2cc(OC)cc(OC)c2)=C(CC)CC(NS(=O)(=O)c2ccc(C(C)(C)C)cc2)=C1Oc1ccccc1OC. The van der Waals surface area contributed by atoms with Gasteiger partial charge in [0.15, 0.2) is 18.1 Å². The van der Waals surface area contributed by atoms with Crippen LogP contribution in [0, 0.1) is 12.3 Å². The van der Waals surface area contributed by atoms with Crippen LogP contribution in [0.1, 0.15) is 51.7 Å². The average Bonchev–Trinajstić information content (AvgIpc) is 3.19. The van der Waals surface area contributed by atoms with Gasteiger partial charge in [-0.1, -0.05) is 57.9 Å². The van der Waals surface area contributed by atoms with E-state index in [1.54, 1.807) is 56.7 Å². The zero-order valence-corrected chi connectivity index (χ0v) is 28.1. The van der Waals surface area contributed by atoms with Gasteiger partial charge in [0.25, 0.3) is 15.9 Å². The van der Waals surface area contributed by atoms with Crippen molar-refractivity contribution < 1.29 is 32.1 Å². The topological polar surface area (TPSA) is 105 Å². The van der Waals surface area contributed by atoms with E-state index in [-0.39, 0.29) is 40.7 Å². The van der Waals surface area contributed by atoms with Gasteiger partial charge in [0.05, 0.1) is 37.6 Å². The van der Waals surface area contributed by atoms with Crippen molar-refractivity contribution in [2.45, 2.75) is 50.8 Å². The van der Waals surface area contributed by atoms with Crippen molar-refractivity contribution in [3.63, 3.8) is 0 Å². The molecule has 1 heterocycles. The molecule has 46 heavy (non-hydrogen) atoms. The highest BCUT2D eigenvalue weighted by molar-refractivity contribution is 7.89. The molecule has 0 fully saturated rings. The summed E-state index contributed by atoms with van der Waals surface area (Å²) in [6.07, 6.45) is 6.24. The molecule has 10 heteroatoms. The van der Waals surface area contributed by atoms with Crippen LogP contribution in [0.25, 0.3) is 5.70 Å². The van der Waals surface area contributed by atoms with E-state index in [0.717, 1.165) is 11.1 Å². The Balaban J connectivity index is 1.94. The van der Waals surface area contributed by atoms with Crippen LogP contribution in [-0.2, 0) is 20.2 Å².